The third-order valence-electron chi connectivity index (χ3n) is 3.41. The van der Waals surface area contributed by atoms with Crippen molar-refractivity contribution in [3.8, 4) is 0 Å². The van der Waals surface area contributed by atoms with Crippen molar-refractivity contribution < 1.29 is 0 Å². The minimum absolute atomic E-state index is 0.0369. The summed E-state index contributed by atoms with van der Waals surface area (Å²) in [7, 11) is 0. The Bertz CT molecular complexity index is 566. The maximum absolute atomic E-state index is 6.10. The van der Waals surface area contributed by atoms with Crippen molar-refractivity contribution in [3.63, 3.8) is 0 Å². The first-order valence-corrected chi connectivity index (χ1v) is 6.84. The van der Waals surface area contributed by atoms with E-state index in [0.29, 0.717) is 0 Å². The average Bonchev–Trinajstić information content (AvgIpc) is 2.44. The minimum atomic E-state index is -0.0369. The average molecular weight is 275 g/mol. The first-order chi connectivity index (χ1) is 9.15. The Morgan fingerprint density at radius 2 is 2.00 bits per heavy atom. The van der Waals surface area contributed by atoms with Gasteiger partial charge in [0.1, 0.15) is 0 Å². The van der Waals surface area contributed by atoms with Gasteiger partial charge in [-0.2, -0.15) is 0 Å². The summed E-state index contributed by atoms with van der Waals surface area (Å²) in [4.78, 5) is 0. The van der Waals surface area contributed by atoms with Gasteiger partial charge in [0.2, 0.25) is 0 Å². The summed E-state index contributed by atoms with van der Waals surface area (Å²) in [5.41, 5.74) is 7.65. The lowest BCUT2D eigenvalue weighted by Gasteiger charge is -2.20. The van der Waals surface area contributed by atoms with Crippen molar-refractivity contribution in [3.05, 3.63) is 69.7 Å². The molecule has 0 bridgehead atoms. The van der Waals surface area contributed by atoms with Crippen LogP contribution in [-0.2, 0) is 6.42 Å². The highest BCUT2D eigenvalue weighted by molar-refractivity contribution is 6.30. The molecule has 0 aliphatic rings. The van der Waals surface area contributed by atoms with Crippen molar-refractivity contribution >= 4 is 11.6 Å². The van der Waals surface area contributed by atoms with Gasteiger partial charge in [0.15, 0.2) is 0 Å². The Hall–Kier alpha value is -1.35. The third-order valence-corrected chi connectivity index (χ3v) is 3.65. The molecule has 2 aromatic rings. The second-order valence-corrected chi connectivity index (χ2v) is 5.14. The minimum Gasteiger partial charge on any atom is -0.271 e. The molecule has 0 spiro atoms. The molecule has 1 unspecified atom stereocenters. The lowest BCUT2D eigenvalue weighted by molar-refractivity contribution is 0.633. The topological polar surface area (TPSA) is 38.0 Å². The fraction of sp³-hybridized carbons (Fsp3) is 0.250. The van der Waals surface area contributed by atoms with Crippen LogP contribution in [0.15, 0.2) is 42.5 Å². The number of benzene rings is 2. The molecule has 0 aliphatic carbocycles. The van der Waals surface area contributed by atoms with Crippen LogP contribution in [0.2, 0.25) is 5.02 Å². The molecule has 2 nitrogen and oxygen atoms in total. The first-order valence-electron chi connectivity index (χ1n) is 6.46. The van der Waals surface area contributed by atoms with E-state index in [2.05, 4.69) is 43.5 Å². The Kier molecular flexibility index (Phi) is 4.59. The quantitative estimate of drug-likeness (QED) is 0.658. The number of hydrogen-bond donors (Lipinski definition) is 2. The van der Waals surface area contributed by atoms with Crippen LogP contribution in [-0.4, -0.2) is 0 Å². The van der Waals surface area contributed by atoms with Crippen LogP contribution in [0.25, 0.3) is 0 Å². The van der Waals surface area contributed by atoms with Crippen molar-refractivity contribution in [1.82, 2.24) is 5.43 Å². The molecule has 100 valence electrons. The number of halogens is 1. The molecule has 0 aliphatic heterocycles. The molecular weight excluding hydrogens is 256 g/mol. The largest absolute Gasteiger partial charge is 0.271 e. The Morgan fingerprint density at radius 1 is 1.21 bits per heavy atom. The fourth-order valence-corrected chi connectivity index (χ4v) is 2.46. The smallest absolute Gasteiger partial charge is 0.0713 e. The Balaban J connectivity index is 2.46. The predicted octanol–water partition coefficient (Wildman–Crippen LogP) is 3.76. The van der Waals surface area contributed by atoms with E-state index in [-0.39, 0.29) is 6.04 Å². The molecule has 0 heterocycles. The van der Waals surface area contributed by atoms with Gasteiger partial charge in [0.25, 0.3) is 0 Å². The zero-order valence-corrected chi connectivity index (χ0v) is 12.0. The zero-order valence-electron chi connectivity index (χ0n) is 11.3. The molecule has 0 amide bonds. The summed E-state index contributed by atoms with van der Waals surface area (Å²) in [6.45, 7) is 4.22. The van der Waals surface area contributed by atoms with Crippen LogP contribution in [0.1, 0.15) is 35.2 Å². The predicted molar refractivity (Wildman–Crippen MR) is 81.2 cm³/mol. The summed E-state index contributed by atoms with van der Waals surface area (Å²) >= 11 is 6.10. The normalized spacial score (nSPS) is 12.4. The van der Waals surface area contributed by atoms with Gasteiger partial charge in [-0.05, 0) is 47.7 Å². The Morgan fingerprint density at radius 3 is 2.68 bits per heavy atom. The molecule has 0 radical (unpaired) electrons. The molecule has 1 atom stereocenters. The summed E-state index contributed by atoms with van der Waals surface area (Å²) < 4.78 is 0. The van der Waals surface area contributed by atoms with Crippen LogP contribution in [0, 0.1) is 6.92 Å². The van der Waals surface area contributed by atoms with Crippen LogP contribution in [0.3, 0.4) is 0 Å². The van der Waals surface area contributed by atoms with Crippen molar-refractivity contribution in [2.45, 2.75) is 26.3 Å². The number of nitrogens with one attached hydrogen (secondary N) is 1. The van der Waals surface area contributed by atoms with E-state index in [1.54, 1.807) is 0 Å². The van der Waals surface area contributed by atoms with Gasteiger partial charge in [0.05, 0.1) is 6.04 Å². The number of aryl methyl sites for hydroxylation is 2. The lowest BCUT2D eigenvalue weighted by atomic mass is 9.94. The van der Waals surface area contributed by atoms with E-state index in [4.69, 9.17) is 17.4 Å². The van der Waals surface area contributed by atoms with Crippen LogP contribution in [0.5, 0.6) is 0 Å². The van der Waals surface area contributed by atoms with Gasteiger partial charge in [-0.1, -0.05) is 48.9 Å². The van der Waals surface area contributed by atoms with E-state index >= 15 is 0 Å². The van der Waals surface area contributed by atoms with Crippen LogP contribution in [0.4, 0.5) is 0 Å². The van der Waals surface area contributed by atoms with E-state index in [1.807, 2.05) is 18.2 Å². The molecule has 2 rings (SSSR count). The molecule has 2 aromatic carbocycles. The summed E-state index contributed by atoms with van der Waals surface area (Å²) in [5.74, 6) is 5.75. The molecule has 0 fully saturated rings. The highest BCUT2D eigenvalue weighted by atomic mass is 35.5. The molecule has 0 saturated heterocycles. The van der Waals surface area contributed by atoms with E-state index < -0.39 is 0 Å². The molecule has 0 aromatic heterocycles. The van der Waals surface area contributed by atoms with Crippen LogP contribution < -0.4 is 11.3 Å². The number of rotatable bonds is 4. The van der Waals surface area contributed by atoms with Gasteiger partial charge >= 0.3 is 0 Å². The van der Waals surface area contributed by atoms with Gasteiger partial charge in [-0.15, -0.1) is 0 Å². The second-order valence-electron chi connectivity index (χ2n) is 4.70. The molecular formula is C16H19ClN2. The highest BCUT2D eigenvalue weighted by Gasteiger charge is 2.15. The maximum Gasteiger partial charge on any atom is 0.0713 e. The summed E-state index contributed by atoms with van der Waals surface area (Å²) in [5, 5.41) is 0.729. The second kappa shape index (κ2) is 6.20. The van der Waals surface area contributed by atoms with E-state index in [0.717, 1.165) is 22.6 Å². The van der Waals surface area contributed by atoms with Gasteiger partial charge < -0.3 is 0 Å². The van der Waals surface area contributed by atoms with Gasteiger partial charge in [-0.25, -0.2) is 5.43 Å². The lowest BCUT2D eigenvalue weighted by Crippen LogP contribution is -2.29. The standard InChI is InChI=1S/C16H19ClN2/c1-3-12-5-4-6-13(9-12)16(19-18)15-10-14(17)8-7-11(15)2/h4-10,16,19H,3,18H2,1-2H3. The third kappa shape index (κ3) is 3.16. The molecule has 0 saturated carbocycles. The Labute approximate surface area is 119 Å². The van der Waals surface area contributed by atoms with Crippen molar-refractivity contribution in [2.75, 3.05) is 0 Å². The van der Waals surface area contributed by atoms with Gasteiger partial charge in [-0.3, -0.25) is 5.84 Å². The first kappa shape index (κ1) is 14.1. The monoisotopic (exact) mass is 274 g/mol. The maximum atomic E-state index is 6.10. The molecule has 3 N–H and O–H groups in total. The molecule has 3 heteroatoms. The highest BCUT2D eigenvalue weighted by Crippen LogP contribution is 2.27. The van der Waals surface area contributed by atoms with Crippen molar-refractivity contribution in [1.29, 1.82) is 0 Å². The van der Waals surface area contributed by atoms with E-state index in [1.165, 1.54) is 11.1 Å². The SMILES string of the molecule is CCc1cccc(C(NN)c2cc(Cl)ccc2C)c1. The summed E-state index contributed by atoms with van der Waals surface area (Å²) in [6.07, 6.45) is 1.01. The number of hydrogen-bond acceptors (Lipinski definition) is 2. The zero-order chi connectivity index (χ0) is 13.8. The van der Waals surface area contributed by atoms with Crippen molar-refractivity contribution in [2.24, 2.45) is 5.84 Å². The van der Waals surface area contributed by atoms with Crippen LogP contribution >= 0.6 is 11.6 Å². The summed E-state index contributed by atoms with van der Waals surface area (Å²) in [6, 6.07) is 14.3. The fourth-order valence-electron chi connectivity index (χ4n) is 2.28. The number of nitrogens with two attached hydrogens (primary N) is 1. The van der Waals surface area contributed by atoms with Gasteiger partial charge in [0, 0.05) is 5.02 Å². The molecule has 19 heavy (non-hydrogen) atoms. The number of hydrazine groups is 1. The van der Waals surface area contributed by atoms with E-state index in [9.17, 15) is 0 Å².